The van der Waals surface area contributed by atoms with Gasteiger partial charge in [-0.2, -0.15) is 0 Å². The molecule has 2 nitrogen and oxygen atoms in total. The van der Waals surface area contributed by atoms with Crippen molar-refractivity contribution in [2.24, 2.45) is 0 Å². The van der Waals surface area contributed by atoms with Gasteiger partial charge in [-0.15, -0.1) is 0 Å². The topological polar surface area (TPSA) is 25.2 Å². The summed E-state index contributed by atoms with van der Waals surface area (Å²) in [6.07, 6.45) is 2.64. The monoisotopic (exact) mass is 215 g/mol. The van der Waals surface area contributed by atoms with Crippen molar-refractivity contribution in [3.05, 3.63) is 35.1 Å². The van der Waals surface area contributed by atoms with E-state index in [1.165, 1.54) is 29.4 Å². The number of hydrogen-bond donors (Lipinski definition) is 1. The van der Waals surface area contributed by atoms with Crippen LogP contribution >= 0.6 is 0 Å². The number of rotatable bonds is 3. The number of nitrogens with one attached hydrogen (secondary N) is 1. The van der Waals surface area contributed by atoms with E-state index >= 15 is 0 Å². The van der Waals surface area contributed by atoms with E-state index in [-0.39, 0.29) is 0 Å². The molecule has 1 saturated carbocycles. The molecule has 1 aliphatic rings. The Balaban J connectivity index is 1.91. The quantitative estimate of drug-likeness (QED) is 0.849. The van der Waals surface area contributed by atoms with Crippen LogP contribution in [0, 0.1) is 13.8 Å². The Hall–Kier alpha value is -1.28. The van der Waals surface area contributed by atoms with Gasteiger partial charge in [0.05, 0.1) is 6.54 Å². The molecule has 1 aromatic heterocycles. The molecular formula is C14H17NO. The van der Waals surface area contributed by atoms with Crippen molar-refractivity contribution in [2.75, 3.05) is 0 Å². The summed E-state index contributed by atoms with van der Waals surface area (Å²) in [6, 6.07) is 7.25. The van der Waals surface area contributed by atoms with Gasteiger partial charge in [0, 0.05) is 11.4 Å². The lowest BCUT2D eigenvalue weighted by atomic mass is 10.1. The summed E-state index contributed by atoms with van der Waals surface area (Å²) in [7, 11) is 0. The van der Waals surface area contributed by atoms with E-state index in [9.17, 15) is 0 Å². The zero-order chi connectivity index (χ0) is 11.1. The van der Waals surface area contributed by atoms with Gasteiger partial charge < -0.3 is 9.73 Å². The molecule has 0 spiro atoms. The third-order valence-corrected chi connectivity index (χ3v) is 3.14. The van der Waals surface area contributed by atoms with Crippen molar-refractivity contribution in [3.63, 3.8) is 0 Å². The van der Waals surface area contributed by atoms with Crippen molar-refractivity contribution >= 4 is 11.0 Å². The van der Waals surface area contributed by atoms with Crippen LogP contribution in [-0.4, -0.2) is 6.04 Å². The standard InChI is InChI=1S/C14H17NO/c1-9-5-10(2)14-11(6-9)7-13(16-14)8-15-12-3-4-12/h5-7,12,15H,3-4,8H2,1-2H3. The summed E-state index contributed by atoms with van der Waals surface area (Å²) in [6.45, 7) is 5.09. The average Bonchev–Trinajstić information content (AvgIpc) is 2.96. The molecule has 0 bridgehead atoms. The SMILES string of the molecule is Cc1cc(C)c2oc(CNC3CC3)cc2c1. The van der Waals surface area contributed by atoms with Gasteiger partial charge in [-0.25, -0.2) is 0 Å². The molecule has 2 heteroatoms. The predicted molar refractivity (Wildman–Crippen MR) is 65.5 cm³/mol. The van der Waals surface area contributed by atoms with Crippen molar-refractivity contribution in [1.82, 2.24) is 5.32 Å². The van der Waals surface area contributed by atoms with Gasteiger partial charge in [0.1, 0.15) is 11.3 Å². The van der Waals surface area contributed by atoms with Crippen LogP contribution < -0.4 is 5.32 Å². The van der Waals surface area contributed by atoms with Crippen LogP contribution in [-0.2, 0) is 6.54 Å². The molecular weight excluding hydrogens is 198 g/mol. The van der Waals surface area contributed by atoms with Crippen LogP contribution in [0.1, 0.15) is 29.7 Å². The van der Waals surface area contributed by atoms with Crippen molar-refractivity contribution < 1.29 is 4.42 Å². The van der Waals surface area contributed by atoms with E-state index < -0.39 is 0 Å². The van der Waals surface area contributed by atoms with Crippen molar-refractivity contribution in [1.29, 1.82) is 0 Å². The van der Waals surface area contributed by atoms with Gasteiger partial charge in [-0.1, -0.05) is 11.6 Å². The highest BCUT2D eigenvalue weighted by Crippen LogP contribution is 2.25. The molecule has 1 N–H and O–H groups in total. The number of fused-ring (bicyclic) bond motifs is 1. The maximum Gasteiger partial charge on any atom is 0.137 e. The summed E-state index contributed by atoms with van der Waals surface area (Å²) in [5.41, 5.74) is 3.57. The van der Waals surface area contributed by atoms with Crippen LogP contribution in [0.2, 0.25) is 0 Å². The third-order valence-electron chi connectivity index (χ3n) is 3.14. The Morgan fingerprint density at radius 2 is 2.06 bits per heavy atom. The van der Waals surface area contributed by atoms with E-state index in [1.54, 1.807) is 0 Å². The first-order chi connectivity index (χ1) is 7.72. The molecule has 16 heavy (non-hydrogen) atoms. The first kappa shape index (κ1) is 9.91. The summed E-state index contributed by atoms with van der Waals surface area (Å²) in [5.74, 6) is 1.05. The van der Waals surface area contributed by atoms with Gasteiger partial charge in [-0.05, 0) is 44.4 Å². The predicted octanol–water partition coefficient (Wildman–Crippen LogP) is 3.30. The molecule has 0 radical (unpaired) electrons. The molecule has 0 unspecified atom stereocenters. The van der Waals surface area contributed by atoms with Crippen molar-refractivity contribution in [2.45, 2.75) is 39.3 Å². The Kier molecular flexibility index (Phi) is 2.25. The van der Waals surface area contributed by atoms with E-state index in [0.29, 0.717) is 0 Å². The molecule has 0 amide bonds. The van der Waals surface area contributed by atoms with Crippen LogP contribution in [0.25, 0.3) is 11.0 Å². The fourth-order valence-electron chi connectivity index (χ4n) is 2.19. The lowest BCUT2D eigenvalue weighted by molar-refractivity contribution is 0.511. The maximum absolute atomic E-state index is 5.87. The van der Waals surface area contributed by atoms with E-state index in [1.807, 2.05) is 0 Å². The smallest absolute Gasteiger partial charge is 0.137 e. The summed E-state index contributed by atoms with van der Waals surface area (Å²) in [4.78, 5) is 0. The molecule has 0 saturated heterocycles. The molecule has 3 rings (SSSR count). The molecule has 84 valence electrons. The van der Waals surface area contributed by atoms with Gasteiger partial charge in [0.15, 0.2) is 0 Å². The maximum atomic E-state index is 5.87. The fraction of sp³-hybridized carbons (Fsp3) is 0.429. The largest absolute Gasteiger partial charge is 0.459 e. The summed E-state index contributed by atoms with van der Waals surface area (Å²) >= 11 is 0. The fourth-order valence-corrected chi connectivity index (χ4v) is 2.19. The lowest BCUT2D eigenvalue weighted by Gasteiger charge is -1.98. The molecule has 1 aliphatic carbocycles. The third kappa shape index (κ3) is 1.85. The van der Waals surface area contributed by atoms with Gasteiger partial charge in [0.2, 0.25) is 0 Å². The highest BCUT2D eigenvalue weighted by atomic mass is 16.3. The second-order valence-electron chi connectivity index (χ2n) is 4.87. The number of aryl methyl sites for hydroxylation is 2. The normalized spacial score (nSPS) is 15.9. The lowest BCUT2D eigenvalue weighted by Crippen LogP contribution is -2.14. The van der Waals surface area contributed by atoms with Gasteiger partial charge >= 0.3 is 0 Å². The minimum Gasteiger partial charge on any atom is -0.459 e. The van der Waals surface area contributed by atoms with E-state index in [2.05, 4.69) is 37.4 Å². The zero-order valence-corrected chi connectivity index (χ0v) is 9.84. The van der Waals surface area contributed by atoms with Crippen LogP contribution in [0.5, 0.6) is 0 Å². The van der Waals surface area contributed by atoms with Crippen LogP contribution in [0.4, 0.5) is 0 Å². The highest BCUT2D eigenvalue weighted by Gasteiger charge is 2.20. The minimum atomic E-state index is 0.732. The molecule has 0 aliphatic heterocycles. The van der Waals surface area contributed by atoms with Crippen molar-refractivity contribution in [3.8, 4) is 0 Å². The average molecular weight is 215 g/mol. The summed E-state index contributed by atoms with van der Waals surface area (Å²) < 4.78 is 5.87. The second kappa shape index (κ2) is 3.63. The highest BCUT2D eigenvalue weighted by molar-refractivity contribution is 5.81. The number of hydrogen-bond acceptors (Lipinski definition) is 2. The van der Waals surface area contributed by atoms with Crippen LogP contribution in [0.3, 0.4) is 0 Å². The second-order valence-corrected chi connectivity index (χ2v) is 4.87. The van der Waals surface area contributed by atoms with Crippen LogP contribution in [0.15, 0.2) is 22.6 Å². The molecule has 0 atom stereocenters. The first-order valence-electron chi connectivity index (χ1n) is 5.95. The minimum absolute atomic E-state index is 0.732. The van der Waals surface area contributed by atoms with Gasteiger partial charge in [-0.3, -0.25) is 0 Å². The van der Waals surface area contributed by atoms with E-state index in [0.717, 1.165) is 23.9 Å². The zero-order valence-electron chi connectivity index (χ0n) is 9.84. The van der Waals surface area contributed by atoms with Gasteiger partial charge in [0.25, 0.3) is 0 Å². The number of furan rings is 1. The molecule has 1 heterocycles. The Morgan fingerprint density at radius 3 is 2.81 bits per heavy atom. The molecule has 1 aromatic carbocycles. The Labute approximate surface area is 95.6 Å². The molecule has 1 fully saturated rings. The Bertz CT molecular complexity index is 523. The molecule has 2 aromatic rings. The van der Waals surface area contributed by atoms with E-state index in [4.69, 9.17) is 4.42 Å². The Morgan fingerprint density at radius 1 is 1.25 bits per heavy atom. The summed E-state index contributed by atoms with van der Waals surface area (Å²) in [5, 5.41) is 4.70. The number of benzene rings is 1. The first-order valence-corrected chi connectivity index (χ1v) is 5.95.